The van der Waals surface area contributed by atoms with E-state index in [0.29, 0.717) is 67.3 Å². The molecule has 0 bridgehead atoms. The Morgan fingerprint density at radius 2 is 1.90 bits per heavy atom. The predicted octanol–water partition coefficient (Wildman–Crippen LogP) is 3.21. The molecule has 0 N–H and O–H groups in total. The molecule has 0 radical (unpaired) electrons. The van der Waals surface area contributed by atoms with Gasteiger partial charge in [-0.25, -0.2) is 4.79 Å². The average Bonchev–Trinajstić information content (AvgIpc) is 2.77. The van der Waals surface area contributed by atoms with Crippen LogP contribution >= 0.6 is 11.6 Å². The van der Waals surface area contributed by atoms with E-state index < -0.39 is 10.9 Å². The third kappa shape index (κ3) is 4.27. The first-order valence-electron chi connectivity index (χ1n) is 9.39. The molecular formula is C20H19ClN2O7. The molecule has 2 heterocycles. The van der Waals surface area contributed by atoms with Crippen LogP contribution in [0.2, 0.25) is 5.02 Å². The van der Waals surface area contributed by atoms with Crippen molar-refractivity contribution >= 4 is 28.9 Å². The lowest BCUT2D eigenvalue weighted by atomic mass is 10.1. The molecule has 2 aromatic rings. The van der Waals surface area contributed by atoms with Gasteiger partial charge in [0.15, 0.2) is 11.5 Å². The average molecular weight is 435 g/mol. The van der Waals surface area contributed by atoms with Crippen LogP contribution in [0.1, 0.15) is 15.9 Å². The van der Waals surface area contributed by atoms with E-state index in [1.165, 1.54) is 12.1 Å². The number of rotatable bonds is 5. The van der Waals surface area contributed by atoms with Crippen LogP contribution < -0.4 is 14.4 Å². The second-order valence-corrected chi connectivity index (χ2v) is 7.14. The van der Waals surface area contributed by atoms with Crippen LogP contribution in [0.25, 0.3) is 0 Å². The number of anilines is 1. The van der Waals surface area contributed by atoms with Gasteiger partial charge in [0, 0.05) is 24.8 Å². The van der Waals surface area contributed by atoms with E-state index in [9.17, 15) is 14.9 Å². The van der Waals surface area contributed by atoms with Crippen LogP contribution in [0.3, 0.4) is 0 Å². The second-order valence-electron chi connectivity index (χ2n) is 6.74. The van der Waals surface area contributed by atoms with Gasteiger partial charge in [-0.1, -0.05) is 11.6 Å². The number of carbonyl (C=O) groups is 1. The number of nitro groups is 1. The molecule has 0 amide bonds. The summed E-state index contributed by atoms with van der Waals surface area (Å²) in [6.45, 7) is 3.08. The van der Waals surface area contributed by atoms with Crippen molar-refractivity contribution in [3.05, 3.63) is 56.6 Å². The highest BCUT2D eigenvalue weighted by atomic mass is 35.5. The summed E-state index contributed by atoms with van der Waals surface area (Å²) < 4.78 is 21.7. The number of fused-ring (bicyclic) bond motifs is 1. The number of esters is 1. The van der Waals surface area contributed by atoms with Gasteiger partial charge in [0.2, 0.25) is 0 Å². The smallest absolute Gasteiger partial charge is 0.345 e. The van der Waals surface area contributed by atoms with Crippen LogP contribution in [-0.2, 0) is 16.1 Å². The van der Waals surface area contributed by atoms with Gasteiger partial charge in [-0.3, -0.25) is 10.1 Å². The van der Waals surface area contributed by atoms with Gasteiger partial charge in [-0.15, -0.1) is 0 Å². The van der Waals surface area contributed by atoms with Crippen molar-refractivity contribution in [2.24, 2.45) is 0 Å². The third-order valence-electron chi connectivity index (χ3n) is 4.80. The van der Waals surface area contributed by atoms with Crippen molar-refractivity contribution in [2.45, 2.75) is 6.61 Å². The number of hydrogen-bond acceptors (Lipinski definition) is 8. The molecule has 2 aliphatic rings. The van der Waals surface area contributed by atoms with Gasteiger partial charge in [-0.2, -0.15) is 0 Å². The monoisotopic (exact) mass is 434 g/mol. The molecule has 1 saturated heterocycles. The molecule has 0 spiro atoms. The standard InChI is InChI=1S/C20H19ClN2O7/c21-16-9-13(10-18-19(16)29-8-7-28-18)12-30-20(24)15-11-14(1-2-17(15)23(25)26)22-3-5-27-6-4-22/h1-2,9-11H,3-8,12H2. The lowest BCUT2D eigenvalue weighted by Gasteiger charge is -2.29. The maximum atomic E-state index is 12.7. The number of morpholine rings is 1. The Kier molecular flexibility index (Phi) is 5.91. The first kappa shape index (κ1) is 20.2. The molecule has 2 aromatic carbocycles. The third-order valence-corrected chi connectivity index (χ3v) is 5.08. The zero-order chi connectivity index (χ0) is 21.1. The molecule has 2 aliphatic heterocycles. The molecule has 9 nitrogen and oxygen atoms in total. The summed E-state index contributed by atoms with van der Waals surface area (Å²) in [5, 5.41) is 11.8. The SMILES string of the molecule is O=C(OCc1cc(Cl)c2c(c1)OCCO2)c1cc(N2CCOCC2)ccc1[N+](=O)[O-]. The molecule has 0 aromatic heterocycles. The van der Waals surface area contributed by atoms with Crippen molar-refractivity contribution < 1.29 is 28.7 Å². The molecule has 4 rings (SSSR count). The van der Waals surface area contributed by atoms with Crippen molar-refractivity contribution in [2.75, 3.05) is 44.4 Å². The van der Waals surface area contributed by atoms with Crippen LogP contribution in [0.5, 0.6) is 11.5 Å². The van der Waals surface area contributed by atoms with E-state index in [2.05, 4.69) is 0 Å². The first-order chi connectivity index (χ1) is 14.5. The van der Waals surface area contributed by atoms with Crippen LogP contribution in [0.15, 0.2) is 30.3 Å². The Bertz CT molecular complexity index is 976. The van der Waals surface area contributed by atoms with Crippen LogP contribution in [0.4, 0.5) is 11.4 Å². The highest BCUT2D eigenvalue weighted by molar-refractivity contribution is 6.32. The second kappa shape index (κ2) is 8.76. The number of halogens is 1. The quantitative estimate of drug-likeness (QED) is 0.401. The Balaban J connectivity index is 1.53. The van der Waals surface area contributed by atoms with Crippen molar-refractivity contribution in [1.82, 2.24) is 0 Å². The van der Waals surface area contributed by atoms with E-state index in [1.54, 1.807) is 18.2 Å². The van der Waals surface area contributed by atoms with E-state index in [1.807, 2.05) is 4.90 Å². The maximum Gasteiger partial charge on any atom is 0.345 e. The number of nitrogens with zero attached hydrogens (tertiary/aromatic N) is 2. The summed E-state index contributed by atoms with van der Waals surface area (Å²) in [6, 6.07) is 7.72. The molecule has 0 saturated carbocycles. The van der Waals surface area contributed by atoms with Crippen molar-refractivity contribution in [1.29, 1.82) is 0 Å². The van der Waals surface area contributed by atoms with Gasteiger partial charge in [0.05, 0.1) is 23.2 Å². The zero-order valence-corrected chi connectivity index (χ0v) is 16.7. The zero-order valence-electron chi connectivity index (χ0n) is 16.0. The minimum absolute atomic E-state index is 0.104. The fourth-order valence-corrected chi connectivity index (χ4v) is 3.63. The molecule has 0 unspecified atom stereocenters. The van der Waals surface area contributed by atoms with Crippen molar-refractivity contribution in [3.8, 4) is 11.5 Å². The Morgan fingerprint density at radius 1 is 1.13 bits per heavy atom. The highest BCUT2D eigenvalue weighted by Crippen LogP contribution is 2.38. The summed E-state index contributed by atoms with van der Waals surface area (Å²) in [6.07, 6.45) is 0. The number of hydrogen-bond donors (Lipinski definition) is 0. The van der Waals surface area contributed by atoms with E-state index in [0.717, 1.165) is 0 Å². The Hall–Kier alpha value is -3.04. The minimum atomic E-state index is -0.789. The van der Waals surface area contributed by atoms with Gasteiger partial charge in [0.25, 0.3) is 5.69 Å². The Labute approximate surface area is 177 Å². The lowest BCUT2D eigenvalue weighted by molar-refractivity contribution is -0.385. The normalized spacial score (nSPS) is 15.6. The lowest BCUT2D eigenvalue weighted by Crippen LogP contribution is -2.36. The highest BCUT2D eigenvalue weighted by Gasteiger charge is 2.25. The fourth-order valence-electron chi connectivity index (χ4n) is 3.34. The summed E-state index contributed by atoms with van der Waals surface area (Å²) >= 11 is 6.20. The molecular weight excluding hydrogens is 416 g/mol. The van der Waals surface area contributed by atoms with Gasteiger partial charge < -0.3 is 23.8 Å². The largest absolute Gasteiger partial charge is 0.486 e. The molecule has 0 atom stereocenters. The topological polar surface area (TPSA) is 100 Å². The number of ether oxygens (including phenoxy) is 4. The van der Waals surface area contributed by atoms with Gasteiger partial charge in [0.1, 0.15) is 25.4 Å². The van der Waals surface area contributed by atoms with E-state index >= 15 is 0 Å². The molecule has 158 valence electrons. The number of benzene rings is 2. The maximum absolute atomic E-state index is 12.7. The molecule has 10 heteroatoms. The van der Waals surface area contributed by atoms with Crippen molar-refractivity contribution in [3.63, 3.8) is 0 Å². The van der Waals surface area contributed by atoms with Crippen LogP contribution in [0, 0.1) is 10.1 Å². The summed E-state index contributed by atoms with van der Waals surface area (Å²) in [7, 11) is 0. The number of carbonyl (C=O) groups excluding carboxylic acids is 1. The molecule has 30 heavy (non-hydrogen) atoms. The summed E-state index contributed by atoms with van der Waals surface area (Å²) in [5.74, 6) is 0.134. The van der Waals surface area contributed by atoms with Crippen LogP contribution in [-0.4, -0.2) is 50.4 Å². The first-order valence-corrected chi connectivity index (χ1v) is 9.77. The number of nitro benzene ring substituents is 1. The van der Waals surface area contributed by atoms with Gasteiger partial charge >= 0.3 is 5.97 Å². The van der Waals surface area contributed by atoms with E-state index in [4.69, 9.17) is 30.5 Å². The summed E-state index contributed by atoms with van der Waals surface area (Å²) in [4.78, 5) is 25.5. The molecule has 0 aliphatic carbocycles. The van der Waals surface area contributed by atoms with E-state index in [-0.39, 0.29) is 17.9 Å². The fraction of sp³-hybridized carbons (Fsp3) is 0.350. The summed E-state index contributed by atoms with van der Waals surface area (Å²) in [5.41, 5.74) is 0.882. The predicted molar refractivity (Wildman–Crippen MR) is 108 cm³/mol. The molecule has 1 fully saturated rings. The van der Waals surface area contributed by atoms with Gasteiger partial charge in [-0.05, 0) is 29.8 Å². The Morgan fingerprint density at radius 3 is 2.67 bits per heavy atom. The minimum Gasteiger partial charge on any atom is -0.486 e.